The zero-order valence-electron chi connectivity index (χ0n) is 14.1. The molecule has 0 radical (unpaired) electrons. The Labute approximate surface area is 156 Å². The number of rotatable bonds is 7. The van der Waals surface area contributed by atoms with Gasteiger partial charge in [0.05, 0.1) is 5.69 Å². The quantitative estimate of drug-likeness (QED) is 0.569. The molecule has 3 rings (SSSR count). The Kier molecular flexibility index (Phi) is 5.64. The standard InChI is InChI=1S/C19H17N2O5P/c20-19(22)21-17-13-7-8-14-18(17)26-27(23,24-15-9-3-1-4-10-15)25-16-11-5-2-6-12-16/h1-14H,(H3,20,21,22). The van der Waals surface area contributed by atoms with E-state index in [2.05, 4.69) is 5.32 Å². The van der Waals surface area contributed by atoms with Crippen LogP contribution in [0.15, 0.2) is 84.9 Å². The molecule has 0 bridgehead atoms. The third kappa shape index (κ3) is 5.26. The molecule has 0 aliphatic rings. The predicted molar refractivity (Wildman–Crippen MR) is 102 cm³/mol. The number of primary amides is 1. The van der Waals surface area contributed by atoms with Gasteiger partial charge in [-0.2, -0.15) is 4.57 Å². The first-order chi connectivity index (χ1) is 13.0. The highest BCUT2D eigenvalue weighted by Gasteiger charge is 2.34. The normalized spacial score (nSPS) is 10.7. The van der Waals surface area contributed by atoms with Gasteiger partial charge in [0.25, 0.3) is 0 Å². The fourth-order valence-electron chi connectivity index (χ4n) is 2.18. The number of anilines is 1. The topological polar surface area (TPSA) is 99.9 Å². The molecule has 0 fully saturated rings. The number of para-hydroxylation sites is 4. The van der Waals surface area contributed by atoms with E-state index in [1.165, 1.54) is 6.07 Å². The Hall–Kier alpha value is -3.44. The average Bonchev–Trinajstić information content (AvgIpc) is 2.64. The van der Waals surface area contributed by atoms with Crippen LogP contribution in [0, 0.1) is 0 Å². The molecule has 27 heavy (non-hydrogen) atoms. The van der Waals surface area contributed by atoms with E-state index in [1.54, 1.807) is 78.9 Å². The van der Waals surface area contributed by atoms with Gasteiger partial charge in [0, 0.05) is 0 Å². The third-order valence-corrected chi connectivity index (χ3v) is 4.57. The maximum absolute atomic E-state index is 13.3. The van der Waals surface area contributed by atoms with Gasteiger partial charge in [0.2, 0.25) is 0 Å². The van der Waals surface area contributed by atoms with Gasteiger partial charge in [-0.3, -0.25) is 0 Å². The number of hydrogen-bond acceptors (Lipinski definition) is 5. The second kappa shape index (κ2) is 8.29. The molecule has 7 nitrogen and oxygen atoms in total. The summed E-state index contributed by atoms with van der Waals surface area (Å²) in [5.74, 6) is 0.695. The van der Waals surface area contributed by atoms with Crippen molar-refractivity contribution in [3.63, 3.8) is 0 Å². The van der Waals surface area contributed by atoms with Crippen LogP contribution in [0.1, 0.15) is 0 Å². The summed E-state index contributed by atoms with van der Waals surface area (Å²) in [6, 6.07) is 22.6. The minimum Gasteiger partial charge on any atom is -0.386 e. The van der Waals surface area contributed by atoms with Crippen molar-refractivity contribution in [3.8, 4) is 17.2 Å². The number of hydrogen-bond donors (Lipinski definition) is 2. The smallest absolute Gasteiger partial charge is 0.386 e. The van der Waals surface area contributed by atoms with Crippen molar-refractivity contribution in [2.24, 2.45) is 5.73 Å². The third-order valence-electron chi connectivity index (χ3n) is 3.28. The molecule has 3 aromatic rings. The molecule has 8 heteroatoms. The maximum Gasteiger partial charge on any atom is 0.647 e. The lowest BCUT2D eigenvalue weighted by atomic mass is 10.3. The van der Waals surface area contributed by atoms with Gasteiger partial charge < -0.3 is 24.6 Å². The number of phosphoric ester groups is 1. The lowest BCUT2D eigenvalue weighted by Crippen LogP contribution is -2.20. The Morgan fingerprint density at radius 2 is 1.22 bits per heavy atom. The van der Waals surface area contributed by atoms with E-state index in [4.69, 9.17) is 19.3 Å². The van der Waals surface area contributed by atoms with Gasteiger partial charge >= 0.3 is 13.9 Å². The Bertz CT molecular complexity index is 905. The number of nitrogens with two attached hydrogens (primary N) is 1. The highest BCUT2D eigenvalue weighted by molar-refractivity contribution is 7.49. The summed E-state index contributed by atoms with van der Waals surface area (Å²) < 4.78 is 30.0. The van der Waals surface area contributed by atoms with E-state index < -0.39 is 13.9 Å². The summed E-state index contributed by atoms with van der Waals surface area (Å²) in [4.78, 5) is 11.2. The summed E-state index contributed by atoms with van der Waals surface area (Å²) in [5.41, 5.74) is 5.40. The highest BCUT2D eigenvalue weighted by atomic mass is 31.2. The van der Waals surface area contributed by atoms with Crippen LogP contribution in [0.4, 0.5) is 10.5 Å². The molecule has 0 aliphatic heterocycles. The van der Waals surface area contributed by atoms with Crippen molar-refractivity contribution in [1.29, 1.82) is 0 Å². The van der Waals surface area contributed by atoms with E-state index >= 15 is 0 Å². The summed E-state index contributed by atoms with van der Waals surface area (Å²) in [6.45, 7) is 0. The molecule has 0 atom stereocenters. The van der Waals surface area contributed by atoms with Gasteiger partial charge in [0.15, 0.2) is 5.75 Å². The van der Waals surface area contributed by atoms with Crippen LogP contribution < -0.4 is 24.6 Å². The summed E-state index contributed by atoms with van der Waals surface area (Å²) in [6.07, 6.45) is 0. The molecule has 3 N–H and O–H groups in total. The van der Waals surface area contributed by atoms with Gasteiger partial charge in [-0.1, -0.05) is 48.5 Å². The van der Waals surface area contributed by atoms with Crippen LogP contribution in [-0.2, 0) is 4.57 Å². The molecule has 0 spiro atoms. The first-order valence-electron chi connectivity index (χ1n) is 7.98. The van der Waals surface area contributed by atoms with Crippen molar-refractivity contribution in [2.45, 2.75) is 0 Å². The van der Waals surface area contributed by atoms with Crippen molar-refractivity contribution < 1.29 is 22.9 Å². The Morgan fingerprint density at radius 1 is 0.741 bits per heavy atom. The minimum atomic E-state index is -4.15. The Balaban J connectivity index is 1.92. The van der Waals surface area contributed by atoms with Crippen LogP contribution >= 0.6 is 7.82 Å². The van der Waals surface area contributed by atoms with E-state index in [0.717, 1.165) is 0 Å². The second-order valence-electron chi connectivity index (χ2n) is 5.33. The number of nitrogens with one attached hydrogen (secondary N) is 1. The van der Waals surface area contributed by atoms with Crippen molar-refractivity contribution in [2.75, 3.05) is 5.32 Å². The molecule has 0 heterocycles. The fraction of sp³-hybridized carbons (Fsp3) is 0. The second-order valence-corrected chi connectivity index (χ2v) is 6.77. The summed E-state index contributed by atoms with van der Waals surface area (Å²) in [5, 5.41) is 2.41. The van der Waals surface area contributed by atoms with Crippen LogP contribution in [-0.4, -0.2) is 6.03 Å². The van der Waals surface area contributed by atoms with Crippen molar-refractivity contribution in [1.82, 2.24) is 0 Å². The van der Waals surface area contributed by atoms with Crippen LogP contribution in [0.3, 0.4) is 0 Å². The number of carbonyl (C=O) groups excluding carboxylic acids is 1. The Morgan fingerprint density at radius 3 is 1.74 bits per heavy atom. The predicted octanol–water partition coefficient (Wildman–Crippen LogP) is 4.82. The number of carbonyl (C=O) groups is 1. The molecule has 0 aromatic heterocycles. The molecule has 138 valence electrons. The molecule has 0 unspecified atom stereocenters. The first kappa shape index (κ1) is 18.4. The fourth-order valence-corrected chi connectivity index (χ4v) is 3.45. The largest absolute Gasteiger partial charge is 0.647 e. The SMILES string of the molecule is NC(=O)Nc1ccccc1OP(=O)(Oc1ccccc1)Oc1ccccc1. The van der Waals surface area contributed by atoms with Crippen LogP contribution in [0.2, 0.25) is 0 Å². The average molecular weight is 384 g/mol. The summed E-state index contributed by atoms with van der Waals surface area (Å²) in [7, 11) is -4.15. The molecular weight excluding hydrogens is 367 g/mol. The molecule has 0 aliphatic carbocycles. The lowest BCUT2D eigenvalue weighted by molar-refractivity contribution is 0.259. The van der Waals surface area contributed by atoms with Crippen LogP contribution in [0.5, 0.6) is 17.2 Å². The summed E-state index contributed by atoms with van der Waals surface area (Å²) >= 11 is 0. The van der Waals surface area contributed by atoms with E-state index in [-0.39, 0.29) is 11.4 Å². The molecule has 0 saturated heterocycles. The number of urea groups is 1. The minimum absolute atomic E-state index is 0.0893. The van der Waals surface area contributed by atoms with E-state index in [0.29, 0.717) is 11.5 Å². The van der Waals surface area contributed by atoms with Gasteiger partial charge in [0.1, 0.15) is 11.5 Å². The zero-order valence-corrected chi connectivity index (χ0v) is 15.0. The molecule has 2 amide bonds. The van der Waals surface area contributed by atoms with E-state index in [1.807, 2.05) is 0 Å². The molecule has 0 saturated carbocycles. The number of amides is 2. The monoisotopic (exact) mass is 384 g/mol. The van der Waals surface area contributed by atoms with Gasteiger partial charge in [-0.05, 0) is 36.4 Å². The van der Waals surface area contributed by atoms with Crippen molar-refractivity contribution >= 4 is 19.5 Å². The van der Waals surface area contributed by atoms with Gasteiger partial charge in [-0.15, -0.1) is 0 Å². The highest BCUT2D eigenvalue weighted by Crippen LogP contribution is 2.51. The van der Waals surface area contributed by atoms with E-state index in [9.17, 15) is 9.36 Å². The maximum atomic E-state index is 13.3. The zero-order chi connectivity index (χ0) is 19.1. The number of phosphoric acid groups is 1. The molecular formula is C19H17N2O5P. The van der Waals surface area contributed by atoms with Crippen LogP contribution in [0.25, 0.3) is 0 Å². The molecule has 3 aromatic carbocycles. The first-order valence-corrected chi connectivity index (χ1v) is 9.44. The van der Waals surface area contributed by atoms with Gasteiger partial charge in [-0.25, -0.2) is 4.79 Å². The lowest BCUT2D eigenvalue weighted by Gasteiger charge is -2.20. The van der Waals surface area contributed by atoms with Crippen molar-refractivity contribution in [3.05, 3.63) is 84.9 Å². The number of benzene rings is 3.